The van der Waals surface area contributed by atoms with Crippen molar-refractivity contribution in [2.75, 3.05) is 6.54 Å². The van der Waals surface area contributed by atoms with E-state index in [9.17, 15) is 9.59 Å². The van der Waals surface area contributed by atoms with Crippen molar-refractivity contribution in [2.24, 2.45) is 0 Å². The van der Waals surface area contributed by atoms with Gasteiger partial charge in [0.15, 0.2) is 0 Å². The van der Waals surface area contributed by atoms with Crippen LogP contribution < -0.4 is 4.74 Å². The van der Waals surface area contributed by atoms with E-state index in [1.54, 1.807) is 4.90 Å². The van der Waals surface area contributed by atoms with Crippen molar-refractivity contribution in [1.82, 2.24) is 4.90 Å². The molecule has 0 aromatic heterocycles. The Balaban J connectivity index is 1.74. The molecule has 1 atom stereocenters. The van der Waals surface area contributed by atoms with Crippen molar-refractivity contribution in [1.29, 1.82) is 0 Å². The van der Waals surface area contributed by atoms with Crippen LogP contribution in [0.2, 0.25) is 5.02 Å². The molecule has 0 N–H and O–H groups in total. The van der Waals surface area contributed by atoms with Crippen LogP contribution in [0.1, 0.15) is 64.7 Å². The lowest BCUT2D eigenvalue weighted by atomic mass is 9.87. The third kappa shape index (κ3) is 6.95. The molecule has 35 heavy (non-hydrogen) atoms. The maximum atomic E-state index is 13.0. The fraction of sp³-hybridized carbons (Fsp3) is 0.500. The van der Waals surface area contributed by atoms with E-state index in [1.165, 1.54) is 17.3 Å². The number of likely N-dealkylation sites (N-methyl/N-ethyl adjacent to an activating group) is 1. The van der Waals surface area contributed by atoms with Crippen molar-refractivity contribution >= 4 is 35.4 Å². The highest BCUT2D eigenvalue weighted by molar-refractivity contribution is 8.01. The predicted molar refractivity (Wildman–Crippen MR) is 143 cm³/mol. The summed E-state index contributed by atoms with van der Waals surface area (Å²) in [6.45, 7) is 13.8. The highest BCUT2D eigenvalue weighted by Crippen LogP contribution is 2.41. The van der Waals surface area contributed by atoms with Crippen molar-refractivity contribution in [3.05, 3.63) is 58.1 Å². The number of esters is 1. The van der Waals surface area contributed by atoms with Gasteiger partial charge in [0.05, 0.1) is 5.02 Å². The molecule has 0 heterocycles. The lowest BCUT2D eigenvalue weighted by Gasteiger charge is -2.34. The summed E-state index contributed by atoms with van der Waals surface area (Å²) >= 11 is 8.10. The van der Waals surface area contributed by atoms with Gasteiger partial charge in [0.25, 0.3) is 0 Å². The third-order valence-corrected chi connectivity index (χ3v) is 7.68. The summed E-state index contributed by atoms with van der Waals surface area (Å²) in [4.78, 5) is 28.4. The van der Waals surface area contributed by atoms with Gasteiger partial charge in [-0.2, -0.15) is 0 Å². The Morgan fingerprint density at radius 3 is 2.43 bits per heavy atom. The molecule has 0 bridgehead atoms. The minimum atomic E-state index is -0.777. The first-order valence-corrected chi connectivity index (χ1v) is 13.3. The van der Waals surface area contributed by atoms with Gasteiger partial charge in [-0.1, -0.05) is 29.8 Å². The molecule has 1 aliphatic carbocycles. The van der Waals surface area contributed by atoms with Gasteiger partial charge < -0.3 is 14.4 Å². The third-order valence-electron chi connectivity index (χ3n) is 6.02. The molecule has 190 valence electrons. The number of amides is 1. The Hall–Kier alpha value is -2.18. The number of fused-ring (bicyclic) bond motifs is 1. The first-order chi connectivity index (χ1) is 16.3. The quantitative estimate of drug-likeness (QED) is 0.298. The zero-order valence-corrected chi connectivity index (χ0v) is 23.3. The number of halogens is 1. The number of benzene rings is 2. The Labute approximate surface area is 218 Å². The second-order valence-corrected chi connectivity index (χ2v) is 12.6. The highest BCUT2D eigenvalue weighted by Gasteiger charge is 2.35. The number of carbonyl (C=O) groups excluding carboxylic acids is 2. The average molecular weight is 518 g/mol. The van der Waals surface area contributed by atoms with Crippen LogP contribution in [0.15, 0.2) is 41.3 Å². The first kappa shape index (κ1) is 27.4. The number of hydrogen-bond donors (Lipinski definition) is 0. The molecule has 2 aromatic carbocycles. The number of carbonyl (C=O) groups is 2. The Bertz CT molecular complexity index is 1090. The van der Waals surface area contributed by atoms with E-state index in [0.717, 1.165) is 28.9 Å². The summed E-state index contributed by atoms with van der Waals surface area (Å²) < 4.78 is 10.5. The molecule has 0 saturated carbocycles. The molecule has 1 unspecified atom stereocenters. The molecule has 0 radical (unpaired) electrons. The van der Waals surface area contributed by atoms with Gasteiger partial charge in [-0.15, -0.1) is 11.8 Å². The van der Waals surface area contributed by atoms with Crippen LogP contribution >= 0.6 is 23.4 Å². The molecule has 0 aliphatic heterocycles. The zero-order valence-electron chi connectivity index (χ0n) is 21.7. The summed E-state index contributed by atoms with van der Waals surface area (Å²) in [5.41, 5.74) is 2.72. The molecular formula is C28H36ClNO4S. The SMILES string of the molecule is CCN(C(=O)Oc1ccccc1C)C1CCc2cc(SC(C)(C)C(=O)OC(C)(C)C)c(Cl)cc2C1. The minimum absolute atomic E-state index is 0.0387. The highest BCUT2D eigenvalue weighted by atomic mass is 35.5. The molecular weight excluding hydrogens is 482 g/mol. The molecule has 0 spiro atoms. The fourth-order valence-electron chi connectivity index (χ4n) is 4.16. The maximum Gasteiger partial charge on any atom is 0.415 e. The van der Waals surface area contributed by atoms with E-state index in [4.69, 9.17) is 21.1 Å². The number of para-hydroxylation sites is 1. The van der Waals surface area contributed by atoms with Crippen LogP contribution in [0.25, 0.3) is 0 Å². The average Bonchev–Trinajstić information content (AvgIpc) is 2.75. The van der Waals surface area contributed by atoms with Gasteiger partial charge >= 0.3 is 12.1 Å². The smallest absolute Gasteiger partial charge is 0.415 e. The first-order valence-electron chi connectivity index (χ1n) is 12.1. The van der Waals surface area contributed by atoms with E-state index in [0.29, 0.717) is 23.7 Å². The molecule has 5 nitrogen and oxygen atoms in total. The normalized spacial score (nSPS) is 15.8. The second-order valence-electron chi connectivity index (χ2n) is 10.5. The molecule has 1 aliphatic rings. The maximum absolute atomic E-state index is 13.0. The van der Waals surface area contributed by atoms with Crippen LogP contribution in [-0.4, -0.2) is 39.9 Å². The number of nitrogens with zero attached hydrogens (tertiary/aromatic N) is 1. The summed E-state index contributed by atoms with van der Waals surface area (Å²) in [5.74, 6) is 0.319. The van der Waals surface area contributed by atoms with Gasteiger partial charge in [-0.05, 0) is 103 Å². The number of hydrogen-bond acceptors (Lipinski definition) is 5. The number of aryl methyl sites for hydroxylation is 2. The van der Waals surface area contributed by atoms with E-state index in [2.05, 4.69) is 6.07 Å². The molecule has 0 fully saturated rings. The van der Waals surface area contributed by atoms with Gasteiger partial charge in [0.1, 0.15) is 16.1 Å². The molecule has 3 rings (SSSR count). The number of ether oxygens (including phenoxy) is 2. The van der Waals surface area contributed by atoms with Crippen molar-refractivity contribution < 1.29 is 19.1 Å². The number of rotatable bonds is 6. The van der Waals surface area contributed by atoms with Gasteiger partial charge in [0.2, 0.25) is 0 Å². The van der Waals surface area contributed by atoms with Crippen LogP contribution in [0.5, 0.6) is 5.75 Å². The van der Waals surface area contributed by atoms with Crippen LogP contribution in [0.4, 0.5) is 4.79 Å². The lowest BCUT2D eigenvalue weighted by Crippen LogP contribution is -2.44. The second kappa shape index (κ2) is 10.8. The standard InChI is InChI=1S/C28H36ClNO4S/c1-8-30(26(32)33-23-12-10-9-11-18(23)2)21-14-13-19-17-24(22(29)16-20(19)15-21)35-28(6,7)25(31)34-27(3,4)5/h9-12,16-17,21H,8,13-15H2,1-7H3. The van der Waals surface area contributed by atoms with Crippen molar-refractivity contribution in [3.63, 3.8) is 0 Å². The molecule has 7 heteroatoms. The summed E-state index contributed by atoms with van der Waals surface area (Å²) in [7, 11) is 0. The fourth-order valence-corrected chi connectivity index (χ4v) is 5.49. The monoisotopic (exact) mass is 517 g/mol. The summed E-state index contributed by atoms with van der Waals surface area (Å²) in [6.07, 6.45) is 2.05. The van der Waals surface area contributed by atoms with Gasteiger partial charge in [-0.25, -0.2) is 4.79 Å². The largest absolute Gasteiger partial charge is 0.459 e. The van der Waals surface area contributed by atoms with Gasteiger partial charge in [-0.3, -0.25) is 4.79 Å². The predicted octanol–water partition coefficient (Wildman–Crippen LogP) is 7.24. The Morgan fingerprint density at radius 1 is 1.11 bits per heavy atom. The zero-order chi connectivity index (χ0) is 26.0. The summed E-state index contributed by atoms with van der Waals surface area (Å²) in [6, 6.07) is 11.6. The van der Waals surface area contributed by atoms with E-state index in [-0.39, 0.29) is 18.1 Å². The van der Waals surface area contributed by atoms with Gasteiger partial charge in [0, 0.05) is 17.5 Å². The van der Waals surface area contributed by atoms with Crippen molar-refractivity contribution in [3.8, 4) is 5.75 Å². The van der Waals surface area contributed by atoms with Crippen LogP contribution in [0, 0.1) is 6.92 Å². The number of thioether (sulfide) groups is 1. The topological polar surface area (TPSA) is 55.8 Å². The molecule has 0 saturated heterocycles. The minimum Gasteiger partial charge on any atom is -0.459 e. The molecule has 2 aromatic rings. The van der Waals surface area contributed by atoms with E-state index >= 15 is 0 Å². The van der Waals surface area contributed by atoms with Crippen molar-refractivity contribution in [2.45, 2.75) is 89.0 Å². The van der Waals surface area contributed by atoms with E-state index < -0.39 is 10.3 Å². The molecule has 1 amide bonds. The summed E-state index contributed by atoms with van der Waals surface area (Å²) in [5, 5.41) is 0.608. The van der Waals surface area contributed by atoms with Crippen LogP contribution in [-0.2, 0) is 22.4 Å². The Kier molecular flexibility index (Phi) is 8.48. The lowest BCUT2D eigenvalue weighted by molar-refractivity contribution is -0.156. The van der Waals surface area contributed by atoms with E-state index in [1.807, 2.05) is 78.8 Å². The van der Waals surface area contributed by atoms with Crippen LogP contribution in [0.3, 0.4) is 0 Å². The Morgan fingerprint density at radius 2 is 1.80 bits per heavy atom.